The summed E-state index contributed by atoms with van der Waals surface area (Å²) in [6.45, 7) is 7.44. The number of carbonyl (C=O) groups is 2. The summed E-state index contributed by atoms with van der Waals surface area (Å²) in [5.74, 6) is 0.525. The highest BCUT2D eigenvalue weighted by Gasteiger charge is 2.15. The number of ketones is 1. The maximum Gasteiger partial charge on any atom is 0.236 e. The maximum atomic E-state index is 12.3. The molecular weight excluding hydrogens is 264 g/mol. The number of amides is 1. The van der Waals surface area contributed by atoms with Crippen molar-refractivity contribution in [3.05, 3.63) is 35.4 Å². The topological polar surface area (TPSA) is 40.6 Å². The van der Waals surface area contributed by atoms with Crippen LogP contribution < -0.4 is 0 Å². The number of rotatable bonds is 7. The highest BCUT2D eigenvalue weighted by Crippen LogP contribution is 2.15. The third kappa shape index (κ3) is 5.31. The Morgan fingerprint density at radius 1 is 1.05 bits per heavy atom. The molecule has 0 N–H and O–H groups in total. The molecule has 0 bridgehead atoms. The van der Waals surface area contributed by atoms with E-state index in [9.17, 15) is 9.59 Å². The summed E-state index contributed by atoms with van der Waals surface area (Å²) < 4.78 is 0. The average molecular weight is 290 g/mol. The first-order chi connectivity index (χ1) is 9.85. The number of Topliss-reactive ketones (excluding diaryl/α,β-unsaturated/α-hetero) is 1. The highest BCUT2D eigenvalue weighted by atomic mass is 16.2. The van der Waals surface area contributed by atoms with Crippen LogP contribution in [0.3, 0.4) is 0 Å². The van der Waals surface area contributed by atoms with Gasteiger partial charge in [0.15, 0.2) is 5.78 Å². The monoisotopic (exact) mass is 290 g/mol. The van der Waals surface area contributed by atoms with Gasteiger partial charge in [-0.25, -0.2) is 0 Å². The van der Waals surface area contributed by atoms with Crippen molar-refractivity contribution in [1.82, 2.24) is 9.80 Å². The smallest absolute Gasteiger partial charge is 0.236 e. The molecule has 4 nitrogen and oxygen atoms in total. The van der Waals surface area contributed by atoms with Crippen molar-refractivity contribution in [2.75, 3.05) is 33.7 Å². The molecule has 0 aliphatic carbocycles. The van der Waals surface area contributed by atoms with E-state index in [-0.39, 0.29) is 24.8 Å². The largest absolute Gasteiger partial charge is 0.348 e. The van der Waals surface area contributed by atoms with Crippen molar-refractivity contribution < 1.29 is 9.59 Å². The van der Waals surface area contributed by atoms with Crippen molar-refractivity contribution in [2.24, 2.45) is 0 Å². The lowest BCUT2D eigenvalue weighted by molar-refractivity contribution is -0.129. The first kappa shape index (κ1) is 17.4. The molecule has 1 rings (SSSR count). The van der Waals surface area contributed by atoms with Crippen LogP contribution in [0, 0.1) is 0 Å². The van der Waals surface area contributed by atoms with Crippen LogP contribution in [0.25, 0.3) is 0 Å². The summed E-state index contributed by atoms with van der Waals surface area (Å²) in [4.78, 5) is 27.4. The number of hydrogen-bond acceptors (Lipinski definition) is 3. The summed E-state index contributed by atoms with van der Waals surface area (Å²) >= 11 is 0. The van der Waals surface area contributed by atoms with E-state index in [1.165, 1.54) is 5.56 Å². The second-order valence-electron chi connectivity index (χ2n) is 5.79. The van der Waals surface area contributed by atoms with Gasteiger partial charge >= 0.3 is 0 Å². The van der Waals surface area contributed by atoms with Crippen LogP contribution in [0.15, 0.2) is 24.3 Å². The molecule has 116 valence electrons. The summed E-state index contributed by atoms with van der Waals surface area (Å²) in [7, 11) is 3.45. The van der Waals surface area contributed by atoms with Crippen LogP contribution in [0.5, 0.6) is 0 Å². The van der Waals surface area contributed by atoms with Gasteiger partial charge in [0.25, 0.3) is 0 Å². The lowest BCUT2D eigenvalue weighted by Crippen LogP contribution is -2.39. The highest BCUT2D eigenvalue weighted by molar-refractivity contribution is 5.97. The van der Waals surface area contributed by atoms with Gasteiger partial charge in [-0.1, -0.05) is 45.0 Å². The van der Waals surface area contributed by atoms with Crippen LogP contribution in [0.1, 0.15) is 42.6 Å². The fourth-order valence-electron chi connectivity index (χ4n) is 1.96. The minimum atomic E-state index is 0.0137. The number of benzene rings is 1. The Bertz CT molecular complexity index is 478. The quantitative estimate of drug-likeness (QED) is 0.724. The Balaban J connectivity index is 2.67. The third-order valence-electron chi connectivity index (χ3n) is 3.57. The fraction of sp³-hybridized carbons (Fsp3) is 0.529. The van der Waals surface area contributed by atoms with Crippen LogP contribution in [0.4, 0.5) is 0 Å². The van der Waals surface area contributed by atoms with Crippen molar-refractivity contribution >= 4 is 11.7 Å². The van der Waals surface area contributed by atoms with E-state index in [4.69, 9.17) is 0 Å². The van der Waals surface area contributed by atoms with Gasteiger partial charge in [-0.3, -0.25) is 14.5 Å². The molecule has 0 unspecified atom stereocenters. The van der Waals surface area contributed by atoms with Crippen LogP contribution >= 0.6 is 0 Å². The van der Waals surface area contributed by atoms with Crippen LogP contribution in [0.2, 0.25) is 0 Å². The van der Waals surface area contributed by atoms with E-state index in [2.05, 4.69) is 13.8 Å². The molecule has 0 heterocycles. The van der Waals surface area contributed by atoms with E-state index >= 15 is 0 Å². The first-order valence-electron chi connectivity index (χ1n) is 7.40. The molecule has 0 fully saturated rings. The zero-order valence-electron chi connectivity index (χ0n) is 13.7. The zero-order valence-corrected chi connectivity index (χ0v) is 13.7. The first-order valence-corrected chi connectivity index (χ1v) is 7.40. The van der Waals surface area contributed by atoms with Crippen molar-refractivity contribution in [2.45, 2.75) is 26.7 Å². The van der Waals surface area contributed by atoms with Gasteiger partial charge in [-0.2, -0.15) is 0 Å². The molecule has 0 spiro atoms. The Kier molecular flexibility index (Phi) is 6.56. The normalized spacial score (nSPS) is 11.0. The summed E-state index contributed by atoms with van der Waals surface area (Å²) in [6.07, 6.45) is 0. The molecule has 0 aromatic heterocycles. The Labute approximate surface area is 127 Å². The SMILES string of the molecule is CCN(CC(=O)c1ccc(C(C)C)cc1)CC(=O)N(C)C. The summed E-state index contributed by atoms with van der Waals surface area (Å²) in [6, 6.07) is 7.75. The number of carbonyl (C=O) groups excluding carboxylic acids is 2. The minimum Gasteiger partial charge on any atom is -0.348 e. The second-order valence-corrected chi connectivity index (χ2v) is 5.79. The second kappa shape index (κ2) is 7.93. The predicted molar refractivity (Wildman–Crippen MR) is 85.7 cm³/mol. The van der Waals surface area contributed by atoms with E-state index in [0.29, 0.717) is 18.0 Å². The number of nitrogens with zero attached hydrogens (tertiary/aromatic N) is 2. The van der Waals surface area contributed by atoms with Crippen LogP contribution in [-0.4, -0.2) is 55.2 Å². The van der Waals surface area contributed by atoms with Gasteiger partial charge in [0.1, 0.15) is 0 Å². The molecular formula is C17H26N2O2. The molecule has 0 saturated heterocycles. The Morgan fingerprint density at radius 3 is 2.05 bits per heavy atom. The minimum absolute atomic E-state index is 0.0137. The lowest BCUT2D eigenvalue weighted by atomic mass is 10.0. The van der Waals surface area contributed by atoms with Crippen molar-refractivity contribution in [3.8, 4) is 0 Å². The van der Waals surface area contributed by atoms with E-state index in [0.717, 1.165) is 0 Å². The molecule has 0 aliphatic rings. The lowest BCUT2D eigenvalue weighted by Gasteiger charge is -2.21. The fourth-order valence-corrected chi connectivity index (χ4v) is 1.96. The molecule has 21 heavy (non-hydrogen) atoms. The molecule has 0 saturated carbocycles. The van der Waals surface area contributed by atoms with Crippen LogP contribution in [-0.2, 0) is 4.79 Å². The van der Waals surface area contributed by atoms with Gasteiger partial charge < -0.3 is 4.90 Å². The summed E-state index contributed by atoms with van der Waals surface area (Å²) in [5, 5.41) is 0. The molecule has 4 heteroatoms. The maximum absolute atomic E-state index is 12.3. The number of likely N-dealkylation sites (N-methyl/N-ethyl adjacent to an activating group) is 2. The van der Waals surface area contributed by atoms with Gasteiger partial charge in [0, 0.05) is 19.7 Å². The van der Waals surface area contributed by atoms with E-state index < -0.39 is 0 Å². The van der Waals surface area contributed by atoms with E-state index in [1.54, 1.807) is 19.0 Å². The molecule has 1 aromatic carbocycles. The van der Waals surface area contributed by atoms with E-state index in [1.807, 2.05) is 36.1 Å². The average Bonchev–Trinajstić information content (AvgIpc) is 2.46. The van der Waals surface area contributed by atoms with Gasteiger partial charge in [0.2, 0.25) is 5.91 Å². The van der Waals surface area contributed by atoms with Gasteiger partial charge in [0.05, 0.1) is 13.1 Å². The molecule has 0 atom stereocenters. The molecule has 0 radical (unpaired) electrons. The van der Waals surface area contributed by atoms with Gasteiger partial charge in [-0.15, -0.1) is 0 Å². The third-order valence-corrected chi connectivity index (χ3v) is 3.57. The van der Waals surface area contributed by atoms with Crippen molar-refractivity contribution in [1.29, 1.82) is 0 Å². The van der Waals surface area contributed by atoms with Gasteiger partial charge in [-0.05, 0) is 18.0 Å². The Morgan fingerprint density at radius 2 is 1.62 bits per heavy atom. The van der Waals surface area contributed by atoms with Crippen molar-refractivity contribution in [3.63, 3.8) is 0 Å². The standard InChI is InChI=1S/C17H26N2O2/c1-6-19(12-17(21)18(4)5)11-16(20)15-9-7-14(8-10-15)13(2)3/h7-10,13H,6,11-12H2,1-5H3. The predicted octanol–water partition coefficient (Wildman–Crippen LogP) is 2.40. The number of hydrogen-bond donors (Lipinski definition) is 0. The zero-order chi connectivity index (χ0) is 16.0. The summed E-state index contributed by atoms with van der Waals surface area (Å²) in [5.41, 5.74) is 1.93. The molecule has 1 amide bonds. The Hall–Kier alpha value is -1.68. The molecule has 0 aliphatic heterocycles. The molecule has 1 aromatic rings.